The van der Waals surface area contributed by atoms with Gasteiger partial charge < -0.3 is 5.32 Å². The van der Waals surface area contributed by atoms with Gasteiger partial charge in [0.05, 0.1) is 16.2 Å². The van der Waals surface area contributed by atoms with Crippen LogP contribution in [0.15, 0.2) is 18.2 Å². The molecule has 1 aromatic rings. The highest BCUT2D eigenvalue weighted by molar-refractivity contribution is 5.63. The van der Waals surface area contributed by atoms with Crippen LogP contribution >= 0.6 is 0 Å². The van der Waals surface area contributed by atoms with Crippen molar-refractivity contribution < 1.29 is 4.92 Å². The lowest BCUT2D eigenvalue weighted by Crippen LogP contribution is -2.03. The van der Waals surface area contributed by atoms with E-state index in [1.165, 1.54) is 6.07 Å². The van der Waals surface area contributed by atoms with Crippen molar-refractivity contribution in [1.82, 2.24) is 0 Å². The van der Waals surface area contributed by atoms with E-state index in [9.17, 15) is 10.1 Å². The summed E-state index contributed by atoms with van der Waals surface area (Å²) < 4.78 is 0. The number of benzene rings is 1. The number of nitrogens with zero attached hydrogens (tertiary/aromatic N) is 1. The van der Waals surface area contributed by atoms with Gasteiger partial charge in [0.1, 0.15) is 0 Å². The van der Waals surface area contributed by atoms with Gasteiger partial charge >= 0.3 is 0 Å². The molecule has 0 amide bonds. The minimum absolute atomic E-state index is 0.0938. The maximum atomic E-state index is 10.9. The fraction of sp³-hybridized carbons (Fsp3) is 0.500. The molecule has 1 fully saturated rings. The summed E-state index contributed by atoms with van der Waals surface area (Å²) in [5.74, 6) is 6.35. The highest BCUT2D eigenvalue weighted by Crippen LogP contribution is 2.44. The molecule has 1 saturated carbocycles. The van der Waals surface area contributed by atoms with Gasteiger partial charge in [0.25, 0.3) is 5.69 Å². The van der Waals surface area contributed by atoms with Crippen molar-refractivity contribution >= 4 is 11.4 Å². The minimum atomic E-state index is -0.375. The summed E-state index contributed by atoms with van der Waals surface area (Å²) in [6.45, 7) is 5.12. The van der Waals surface area contributed by atoms with Gasteiger partial charge in [-0.3, -0.25) is 10.1 Å². The molecule has 0 atom stereocenters. The molecule has 0 unspecified atom stereocenters. The molecule has 1 aromatic carbocycles. The van der Waals surface area contributed by atoms with Gasteiger partial charge in [-0.1, -0.05) is 25.2 Å². The Labute approximate surface area is 119 Å². The number of non-ortho nitro benzene ring substituents is 1. The SMILES string of the molecule is CCCCNc1ccc([N+](=O)[O-])cc1C#CC1(C)CC1. The van der Waals surface area contributed by atoms with E-state index in [0.717, 1.165) is 43.5 Å². The van der Waals surface area contributed by atoms with E-state index < -0.39 is 0 Å². The lowest BCUT2D eigenvalue weighted by atomic mass is 10.1. The topological polar surface area (TPSA) is 55.2 Å². The van der Waals surface area contributed by atoms with Crippen molar-refractivity contribution in [2.45, 2.75) is 39.5 Å². The van der Waals surface area contributed by atoms with Crippen LogP contribution in [0.3, 0.4) is 0 Å². The maximum Gasteiger partial charge on any atom is 0.270 e. The zero-order valence-electron chi connectivity index (χ0n) is 12.0. The molecule has 0 aliphatic heterocycles. The van der Waals surface area contributed by atoms with Crippen LogP contribution in [0.2, 0.25) is 0 Å². The van der Waals surface area contributed by atoms with Crippen molar-refractivity contribution in [1.29, 1.82) is 0 Å². The second kappa shape index (κ2) is 5.96. The lowest BCUT2D eigenvalue weighted by Gasteiger charge is -2.08. The summed E-state index contributed by atoms with van der Waals surface area (Å²) in [6.07, 6.45) is 4.42. The largest absolute Gasteiger partial charge is 0.384 e. The van der Waals surface area contributed by atoms with E-state index in [4.69, 9.17) is 0 Å². The third-order valence-corrected chi connectivity index (χ3v) is 3.56. The summed E-state index contributed by atoms with van der Waals surface area (Å²) in [4.78, 5) is 10.5. The second-order valence-corrected chi connectivity index (χ2v) is 5.58. The molecule has 0 heterocycles. The summed E-state index contributed by atoms with van der Waals surface area (Å²) in [5, 5.41) is 14.2. The van der Waals surface area contributed by atoms with E-state index in [0.29, 0.717) is 0 Å². The number of hydrogen-bond acceptors (Lipinski definition) is 3. The fourth-order valence-electron chi connectivity index (χ4n) is 1.83. The van der Waals surface area contributed by atoms with E-state index in [-0.39, 0.29) is 16.0 Å². The van der Waals surface area contributed by atoms with Crippen LogP contribution < -0.4 is 5.32 Å². The second-order valence-electron chi connectivity index (χ2n) is 5.58. The number of nitrogens with one attached hydrogen (secondary N) is 1. The van der Waals surface area contributed by atoms with Gasteiger partial charge in [-0.25, -0.2) is 0 Å². The van der Waals surface area contributed by atoms with E-state index in [2.05, 4.69) is 31.0 Å². The zero-order chi connectivity index (χ0) is 14.6. The Kier molecular flexibility index (Phi) is 4.29. The van der Waals surface area contributed by atoms with Crippen molar-refractivity contribution in [2.24, 2.45) is 5.41 Å². The van der Waals surface area contributed by atoms with Crippen molar-refractivity contribution in [3.63, 3.8) is 0 Å². The number of unbranched alkanes of at least 4 members (excludes halogenated alkanes) is 1. The third kappa shape index (κ3) is 3.74. The number of rotatable bonds is 5. The number of nitro groups is 1. The summed E-state index contributed by atoms with van der Waals surface area (Å²) in [6, 6.07) is 4.85. The fourth-order valence-corrected chi connectivity index (χ4v) is 1.83. The van der Waals surface area contributed by atoms with Crippen LogP contribution in [0.5, 0.6) is 0 Å². The zero-order valence-corrected chi connectivity index (χ0v) is 12.0. The molecule has 4 nitrogen and oxygen atoms in total. The van der Waals surface area contributed by atoms with Crippen LogP contribution in [0.25, 0.3) is 0 Å². The molecular formula is C16H20N2O2. The molecule has 1 aliphatic carbocycles. The van der Waals surface area contributed by atoms with Crippen LogP contribution in [0, 0.1) is 27.4 Å². The van der Waals surface area contributed by atoms with E-state index >= 15 is 0 Å². The molecule has 2 rings (SSSR count). The highest BCUT2D eigenvalue weighted by Gasteiger charge is 2.35. The Morgan fingerprint density at radius 3 is 2.80 bits per heavy atom. The van der Waals surface area contributed by atoms with Gasteiger partial charge in [-0.05, 0) is 32.3 Å². The van der Waals surface area contributed by atoms with Gasteiger partial charge in [0, 0.05) is 24.1 Å². The quantitative estimate of drug-likeness (QED) is 0.382. The Balaban J connectivity index is 2.24. The maximum absolute atomic E-state index is 10.9. The van der Waals surface area contributed by atoms with Crippen LogP contribution in [-0.2, 0) is 0 Å². The Hall–Kier alpha value is -2.02. The molecule has 4 heteroatoms. The van der Waals surface area contributed by atoms with Crippen LogP contribution in [-0.4, -0.2) is 11.5 Å². The first-order valence-electron chi connectivity index (χ1n) is 7.09. The summed E-state index contributed by atoms with van der Waals surface area (Å²) in [5.41, 5.74) is 1.83. The van der Waals surface area contributed by atoms with Crippen LogP contribution in [0.1, 0.15) is 45.1 Å². The Morgan fingerprint density at radius 1 is 1.45 bits per heavy atom. The van der Waals surface area contributed by atoms with E-state index in [1.54, 1.807) is 12.1 Å². The molecular weight excluding hydrogens is 252 g/mol. The van der Waals surface area contributed by atoms with Gasteiger partial charge in [-0.15, -0.1) is 0 Å². The first kappa shape index (κ1) is 14.4. The first-order valence-corrected chi connectivity index (χ1v) is 7.09. The van der Waals surface area contributed by atoms with Gasteiger partial charge in [0.15, 0.2) is 0 Å². The molecule has 1 N–H and O–H groups in total. The molecule has 0 saturated heterocycles. The predicted molar refractivity (Wildman–Crippen MR) is 80.7 cm³/mol. The van der Waals surface area contributed by atoms with Crippen LogP contribution in [0.4, 0.5) is 11.4 Å². The van der Waals surface area contributed by atoms with Crippen molar-refractivity contribution in [3.8, 4) is 11.8 Å². The van der Waals surface area contributed by atoms with Crippen molar-refractivity contribution in [2.75, 3.05) is 11.9 Å². The lowest BCUT2D eigenvalue weighted by molar-refractivity contribution is -0.384. The molecule has 106 valence electrons. The first-order chi connectivity index (χ1) is 9.54. The molecule has 0 spiro atoms. The monoisotopic (exact) mass is 272 g/mol. The summed E-state index contributed by atoms with van der Waals surface area (Å²) >= 11 is 0. The number of anilines is 1. The van der Waals surface area contributed by atoms with Gasteiger partial charge in [-0.2, -0.15) is 0 Å². The highest BCUT2D eigenvalue weighted by atomic mass is 16.6. The number of nitro benzene ring substituents is 1. The predicted octanol–water partition coefficient (Wildman–Crippen LogP) is 3.96. The summed E-state index contributed by atoms with van der Waals surface area (Å²) in [7, 11) is 0. The number of hydrogen-bond donors (Lipinski definition) is 1. The normalized spacial score (nSPS) is 15.1. The Morgan fingerprint density at radius 2 is 2.20 bits per heavy atom. The molecule has 1 aliphatic rings. The van der Waals surface area contributed by atoms with Gasteiger partial charge in [0.2, 0.25) is 0 Å². The average Bonchev–Trinajstić information content (AvgIpc) is 3.16. The Bertz CT molecular complexity index is 566. The molecule has 0 aromatic heterocycles. The molecule has 20 heavy (non-hydrogen) atoms. The average molecular weight is 272 g/mol. The molecule has 0 radical (unpaired) electrons. The van der Waals surface area contributed by atoms with E-state index in [1.807, 2.05) is 0 Å². The third-order valence-electron chi connectivity index (χ3n) is 3.56. The standard InChI is InChI=1S/C16H20N2O2/c1-3-4-11-17-15-6-5-14(18(19)20)12-13(15)7-8-16(2)9-10-16/h5-6,12,17H,3-4,9-11H2,1-2H3. The molecule has 0 bridgehead atoms. The minimum Gasteiger partial charge on any atom is -0.384 e. The van der Waals surface area contributed by atoms with Crippen molar-refractivity contribution in [3.05, 3.63) is 33.9 Å². The smallest absolute Gasteiger partial charge is 0.270 e.